The van der Waals surface area contributed by atoms with Crippen LogP contribution in [0.5, 0.6) is 0 Å². The van der Waals surface area contributed by atoms with Crippen LogP contribution in [0.4, 0.5) is 0 Å². The predicted octanol–water partition coefficient (Wildman–Crippen LogP) is 1.62. The fraction of sp³-hybridized carbons (Fsp3) is 0.450. The number of rotatable bonds is 4. The average Bonchev–Trinajstić information content (AvgIpc) is 3.52. The van der Waals surface area contributed by atoms with E-state index in [0.29, 0.717) is 25.6 Å². The summed E-state index contributed by atoms with van der Waals surface area (Å²) >= 11 is 0. The van der Waals surface area contributed by atoms with Crippen LogP contribution in [-0.4, -0.2) is 66.4 Å². The molecule has 136 valence electrons. The van der Waals surface area contributed by atoms with Crippen LogP contribution in [0.15, 0.2) is 30.3 Å². The molecule has 1 saturated heterocycles. The third-order valence-corrected chi connectivity index (χ3v) is 5.27. The molecule has 1 aromatic carbocycles. The summed E-state index contributed by atoms with van der Waals surface area (Å²) in [7, 11) is 1.65. The van der Waals surface area contributed by atoms with Crippen molar-refractivity contribution in [2.24, 2.45) is 0 Å². The van der Waals surface area contributed by atoms with Gasteiger partial charge in [-0.1, -0.05) is 18.2 Å². The molecule has 2 aromatic rings. The molecule has 0 unspecified atom stereocenters. The number of nitrogens with one attached hydrogen (secondary N) is 1. The minimum Gasteiger partial charge on any atom is -0.358 e. The third-order valence-electron chi connectivity index (χ3n) is 5.27. The van der Waals surface area contributed by atoms with Crippen molar-refractivity contribution in [1.29, 1.82) is 0 Å². The van der Waals surface area contributed by atoms with E-state index in [4.69, 9.17) is 4.98 Å². The summed E-state index contributed by atoms with van der Waals surface area (Å²) in [4.78, 5) is 33.5. The molecule has 0 atom stereocenters. The van der Waals surface area contributed by atoms with E-state index in [-0.39, 0.29) is 11.8 Å². The molecule has 1 N–H and O–H groups in total. The summed E-state index contributed by atoms with van der Waals surface area (Å²) in [5.74, 6) is 0.597. The SMILES string of the molecule is CNC(=O)CN1CCN(C(=O)c2cc(C3CC3)nc3ccccc23)CC1. The summed E-state index contributed by atoms with van der Waals surface area (Å²) < 4.78 is 0. The first-order valence-corrected chi connectivity index (χ1v) is 9.27. The van der Waals surface area contributed by atoms with Crippen molar-refractivity contribution in [3.8, 4) is 0 Å². The number of benzene rings is 1. The summed E-state index contributed by atoms with van der Waals surface area (Å²) in [5.41, 5.74) is 2.71. The maximum atomic E-state index is 13.2. The Morgan fingerprint density at radius 1 is 1.15 bits per heavy atom. The number of pyridine rings is 1. The Hall–Kier alpha value is -2.47. The predicted molar refractivity (Wildman–Crippen MR) is 100 cm³/mol. The van der Waals surface area contributed by atoms with Crippen molar-refractivity contribution in [2.75, 3.05) is 39.8 Å². The number of para-hydroxylation sites is 1. The van der Waals surface area contributed by atoms with E-state index in [2.05, 4.69) is 10.2 Å². The highest BCUT2D eigenvalue weighted by molar-refractivity contribution is 6.06. The Morgan fingerprint density at radius 3 is 2.58 bits per heavy atom. The highest BCUT2D eigenvalue weighted by atomic mass is 16.2. The molecule has 0 radical (unpaired) electrons. The van der Waals surface area contributed by atoms with Crippen LogP contribution in [0.2, 0.25) is 0 Å². The molecule has 2 amide bonds. The summed E-state index contributed by atoms with van der Waals surface area (Å²) in [6.45, 7) is 3.12. The van der Waals surface area contributed by atoms with Crippen molar-refractivity contribution in [1.82, 2.24) is 20.1 Å². The Balaban J connectivity index is 1.54. The van der Waals surface area contributed by atoms with Gasteiger partial charge >= 0.3 is 0 Å². The topological polar surface area (TPSA) is 65.5 Å². The number of amides is 2. The van der Waals surface area contributed by atoms with Crippen LogP contribution < -0.4 is 5.32 Å². The Labute approximate surface area is 153 Å². The number of carbonyl (C=O) groups excluding carboxylic acids is 2. The molecular weight excluding hydrogens is 328 g/mol. The van der Waals surface area contributed by atoms with Gasteiger partial charge in [0.15, 0.2) is 0 Å². The second kappa shape index (κ2) is 7.03. The van der Waals surface area contributed by atoms with E-state index >= 15 is 0 Å². The lowest BCUT2D eigenvalue weighted by atomic mass is 10.0. The maximum absolute atomic E-state index is 13.2. The standard InChI is InChI=1S/C20H24N4O2/c1-21-19(25)13-23-8-10-24(11-9-23)20(26)16-12-18(14-6-7-14)22-17-5-3-2-4-15(16)17/h2-5,12,14H,6-11,13H2,1H3,(H,21,25). The molecular formula is C20H24N4O2. The lowest BCUT2D eigenvalue weighted by molar-refractivity contribution is -0.122. The molecule has 0 spiro atoms. The van der Waals surface area contributed by atoms with E-state index in [9.17, 15) is 9.59 Å². The molecule has 1 aromatic heterocycles. The minimum atomic E-state index is 0.0129. The second-order valence-corrected chi connectivity index (χ2v) is 7.13. The number of carbonyl (C=O) groups is 2. The minimum absolute atomic E-state index is 0.0129. The van der Waals surface area contributed by atoms with E-state index in [0.717, 1.165) is 48.1 Å². The van der Waals surface area contributed by atoms with Gasteiger partial charge in [0, 0.05) is 50.2 Å². The highest BCUT2D eigenvalue weighted by Gasteiger charge is 2.29. The Kier molecular flexibility index (Phi) is 4.59. The number of hydrogen-bond acceptors (Lipinski definition) is 4. The zero-order chi connectivity index (χ0) is 18.1. The summed E-state index contributed by atoms with van der Waals surface area (Å²) in [6.07, 6.45) is 2.33. The quantitative estimate of drug-likeness (QED) is 0.908. The summed E-state index contributed by atoms with van der Waals surface area (Å²) in [6, 6.07) is 9.89. The monoisotopic (exact) mass is 352 g/mol. The van der Waals surface area contributed by atoms with Crippen LogP contribution >= 0.6 is 0 Å². The van der Waals surface area contributed by atoms with Crippen LogP contribution in [-0.2, 0) is 4.79 Å². The molecule has 4 rings (SSSR count). The first-order valence-electron chi connectivity index (χ1n) is 9.27. The van der Waals surface area contributed by atoms with Gasteiger partial charge in [0.05, 0.1) is 17.6 Å². The number of piperazine rings is 1. The molecule has 2 aliphatic rings. The van der Waals surface area contributed by atoms with Crippen molar-refractivity contribution in [3.63, 3.8) is 0 Å². The normalized spacial score (nSPS) is 18.1. The van der Waals surface area contributed by atoms with E-state index in [1.54, 1.807) is 7.05 Å². The maximum Gasteiger partial charge on any atom is 0.254 e. The number of hydrogen-bond donors (Lipinski definition) is 1. The molecule has 2 heterocycles. The Bertz CT molecular complexity index is 839. The first kappa shape index (κ1) is 17.0. The van der Waals surface area contributed by atoms with Crippen molar-refractivity contribution in [2.45, 2.75) is 18.8 Å². The second-order valence-electron chi connectivity index (χ2n) is 7.13. The lowest BCUT2D eigenvalue weighted by Gasteiger charge is -2.34. The average molecular weight is 352 g/mol. The van der Waals surface area contributed by atoms with E-state index in [1.165, 1.54) is 0 Å². The zero-order valence-electron chi connectivity index (χ0n) is 15.1. The van der Waals surface area contributed by atoms with Crippen LogP contribution in [0.1, 0.15) is 34.8 Å². The third kappa shape index (κ3) is 3.42. The van der Waals surface area contributed by atoms with E-state index in [1.807, 2.05) is 35.2 Å². The van der Waals surface area contributed by atoms with Crippen molar-refractivity contribution < 1.29 is 9.59 Å². The number of nitrogens with zero attached hydrogens (tertiary/aromatic N) is 3. The van der Waals surface area contributed by atoms with Gasteiger partial charge in [0.25, 0.3) is 5.91 Å². The largest absolute Gasteiger partial charge is 0.358 e. The fourth-order valence-corrected chi connectivity index (χ4v) is 3.52. The van der Waals surface area contributed by atoms with Crippen LogP contribution in [0, 0.1) is 0 Å². The molecule has 6 nitrogen and oxygen atoms in total. The first-order chi connectivity index (χ1) is 12.7. The van der Waals surface area contributed by atoms with Gasteiger partial charge < -0.3 is 10.2 Å². The smallest absolute Gasteiger partial charge is 0.254 e. The summed E-state index contributed by atoms with van der Waals surface area (Å²) in [5, 5.41) is 3.57. The zero-order valence-corrected chi connectivity index (χ0v) is 15.1. The molecule has 1 aliphatic heterocycles. The van der Waals surface area contributed by atoms with Crippen LogP contribution in [0.3, 0.4) is 0 Å². The van der Waals surface area contributed by atoms with Gasteiger partial charge in [-0.25, -0.2) is 0 Å². The van der Waals surface area contributed by atoms with E-state index < -0.39 is 0 Å². The van der Waals surface area contributed by atoms with Gasteiger partial charge in [-0.3, -0.25) is 19.5 Å². The number of aromatic nitrogens is 1. The van der Waals surface area contributed by atoms with Gasteiger partial charge in [0.1, 0.15) is 0 Å². The van der Waals surface area contributed by atoms with Gasteiger partial charge in [-0.15, -0.1) is 0 Å². The van der Waals surface area contributed by atoms with Crippen molar-refractivity contribution in [3.05, 3.63) is 41.6 Å². The fourth-order valence-electron chi connectivity index (χ4n) is 3.52. The molecule has 0 bridgehead atoms. The molecule has 6 heteroatoms. The Morgan fingerprint density at radius 2 is 1.88 bits per heavy atom. The van der Waals surface area contributed by atoms with Crippen molar-refractivity contribution >= 4 is 22.7 Å². The van der Waals surface area contributed by atoms with Gasteiger partial charge in [-0.2, -0.15) is 0 Å². The van der Waals surface area contributed by atoms with Crippen LogP contribution in [0.25, 0.3) is 10.9 Å². The van der Waals surface area contributed by atoms with Gasteiger partial charge in [0.2, 0.25) is 5.91 Å². The molecule has 2 fully saturated rings. The van der Waals surface area contributed by atoms with Gasteiger partial charge in [-0.05, 0) is 25.0 Å². The highest BCUT2D eigenvalue weighted by Crippen LogP contribution is 2.40. The molecule has 26 heavy (non-hydrogen) atoms. The lowest BCUT2D eigenvalue weighted by Crippen LogP contribution is -2.50. The molecule has 1 saturated carbocycles. The number of fused-ring (bicyclic) bond motifs is 1. The molecule has 1 aliphatic carbocycles. The number of likely N-dealkylation sites (N-methyl/N-ethyl adjacent to an activating group) is 1.